The van der Waals surface area contributed by atoms with Crippen molar-refractivity contribution in [3.8, 4) is 5.75 Å². The first kappa shape index (κ1) is 16.9. The number of nitrogens with zero attached hydrogens (tertiary/aromatic N) is 1. The number of benzene rings is 1. The molecule has 5 atom stereocenters. The van der Waals surface area contributed by atoms with E-state index in [0.29, 0.717) is 12.6 Å². The molecular weight excluding hydrogens is 314 g/mol. The van der Waals surface area contributed by atoms with Gasteiger partial charge in [-0.15, -0.1) is 0 Å². The predicted octanol–water partition coefficient (Wildman–Crippen LogP) is 3.17. The minimum Gasteiger partial charge on any atom is -0.496 e. The highest BCUT2D eigenvalue weighted by Gasteiger charge is 2.66. The van der Waals surface area contributed by atoms with Gasteiger partial charge in [0.25, 0.3) is 0 Å². The van der Waals surface area contributed by atoms with Crippen LogP contribution >= 0.6 is 0 Å². The summed E-state index contributed by atoms with van der Waals surface area (Å²) < 4.78 is 11.1. The van der Waals surface area contributed by atoms with Gasteiger partial charge in [0.2, 0.25) is 0 Å². The number of hydrogen-bond donors (Lipinski definition) is 0. The van der Waals surface area contributed by atoms with E-state index in [9.17, 15) is 4.79 Å². The van der Waals surface area contributed by atoms with Gasteiger partial charge in [0.15, 0.2) is 0 Å². The molecule has 0 amide bonds. The number of esters is 1. The van der Waals surface area contributed by atoms with Crippen LogP contribution in [0.2, 0.25) is 0 Å². The van der Waals surface area contributed by atoms with Crippen LogP contribution in [0.5, 0.6) is 5.75 Å². The zero-order chi connectivity index (χ0) is 18.0. The average Bonchev–Trinajstić information content (AvgIpc) is 2.59. The van der Waals surface area contributed by atoms with Gasteiger partial charge >= 0.3 is 5.97 Å². The van der Waals surface area contributed by atoms with Crippen molar-refractivity contribution in [2.24, 2.45) is 11.3 Å². The largest absolute Gasteiger partial charge is 0.496 e. The summed E-state index contributed by atoms with van der Waals surface area (Å²) in [5.74, 6) is 0.981. The monoisotopic (exact) mass is 343 g/mol. The number of carbonyl (C=O) groups excluding carboxylic acids is 1. The molecule has 1 aromatic carbocycles. The predicted molar refractivity (Wildman–Crippen MR) is 96.9 cm³/mol. The Bertz CT molecular complexity index is 717. The van der Waals surface area contributed by atoms with E-state index >= 15 is 0 Å². The van der Waals surface area contributed by atoms with E-state index < -0.39 is 0 Å². The number of carbonyl (C=O) groups is 1. The van der Waals surface area contributed by atoms with Crippen molar-refractivity contribution in [3.05, 3.63) is 29.3 Å². The molecule has 0 radical (unpaired) electrons. The summed E-state index contributed by atoms with van der Waals surface area (Å²) in [5.41, 5.74) is 2.91. The van der Waals surface area contributed by atoms with Crippen LogP contribution in [0, 0.1) is 11.3 Å². The van der Waals surface area contributed by atoms with Crippen molar-refractivity contribution in [1.82, 2.24) is 4.90 Å². The molecule has 0 N–H and O–H groups in total. The Balaban J connectivity index is 1.82. The lowest BCUT2D eigenvalue weighted by atomic mass is 9.42. The fourth-order valence-corrected chi connectivity index (χ4v) is 6.18. The first-order valence-electron chi connectivity index (χ1n) is 9.42. The van der Waals surface area contributed by atoms with Crippen molar-refractivity contribution in [1.29, 1.82) is 0 Å². The molecule has 2 aliphatic heterocycles. The molecule has 0 aromatic heterocycles. The minimum absolute atomic E-state index is 0.00793. The lowest BCUT2D eigenvalue weighted by Crippen LogP contribution is -2.73. The van der Waals surface area contributed by atoms with Crippen LogP contribution in [0.4, 0.5) is 0 Å². The summed E-state index contributed by atoms with van der Waals surface area (Å²) >= 11 is 0. The molecule has 0 spiro atoms. The van der Waals surface area contributed by atoms with Crippen LogP contribution < -0.4 is 4.74 Å². The van der Waals surface area contributed by atoms with E-state index in [2.05, 4.69) is 44.0 Å². The zero-order valence-electron chi connectivity index (χ0n) is 16.0. The Hall–Kier alpha value is -1.55. The Kier molecular flexibility index (Phi) is 3.70. The molecule has 3 fully saturated rings. The number of likely N-dealkylation sites (N-methyl/N-ethyl adjacent to an activating group) is 1. The number of methoxy groups -OCH3 is 1. The summed E-state index contributed by atoms with van der Waals surface area (Å²) in [5, 5.41) is 0. The average molecular weight is 343 g/mol. The summed E-state index contributed by atoms with van der Waals surface area (Å²) in [6.07, 6.45) is 2.91. The van der Waals surface area contributed by atoms with Gasteiger partial charge in [0, 0.05) is 17.5 Å². The molecule has 136 valence electrons. The molecule has 2 heterocycles. The molecule has 4 aliphatic rings. The number of fused-ring (bicyclic) bond motifs is 2. The molecule has 4 bridgehead atoms. The van der Waals surface area contributed by atoms with Crippen LogP contribution in [0.1, 0.15) is 44.7 Å². The highest BCUT2D eigenvalue weighted by molar-refractivity contribution is 5.74. The van der Waals surface area contributed by atoms with E-state index in [4.69, 9.17) is 9.47 Å². The fourth-order valence-electron chi connectivity index (χ4n) is 6.18. The molecule has 2 aliphatic carbocycles. The number of piperidine rings is 2. The van der Waals surface area contributed by atoms with Crippen molar-refractivity contribution >= 4 is 5.97 Å². The second kappa shape index (κ2) is 5.47. The van der Waals surface area contributed by atoms with Crippen LogP contribution in [0.25, 0.3) is 0 Å². The second-order valence-electron chi connectivity index (χ2n) is 8.46. The Labute approximate surface area is 150 Å². The van der Waals surface area contributed by atoms with Crippen LogP contribution in [-0.2, 0) is 21.4 Å². The van der Waals surface area contributed by atoms with Crippen LogP contribution in [-0.4, -0.2) is 43.7 Å². The van der Waals surface area contributed by atoms with Gasteiger partial charge in [-0.2, -0.15) is 0 Å². The Morgan fingerprint density at radius 2 is 2.08 bits per heavy atom. The van der Waals surface area contributed by atoms with E-state index in [0.717, 1.165) is 25.0 Å². The summed E-state index contributed by atoms with van der Waals surface area (Å²) in [6, 6.07) is 7.16. The highest BCUT2D eigenvalue weighted by atomic mass is 16.5. The molecular formula is C21H29NO3. The number of ether oxygens (including phenoxy) is 2. The van der Waals surface area contributed by atoms with Crippen molar-refractivity contribution in [2.45, 2.75) is 57.5 Å². The third-order valence-corrected chi connectivity index (χ3v) is 7.67. The van der Waals surface area contributed by atoms with Gasteiger partial charge in [0.05, 0.1) is 19.6 Å². The van der Waals surface area contributed by atoms with Crippen LogP contribution in [0.3, 0.4) is 0 Å². The van der Waals surface area contributed by atoms with E-state index in [-0.39, 0.29) is 28.8 Å². The van der Waals surface area contributed by atoms with Crippen LogP contribution in [0.15, 0.2) is 18.2 Å². The molecule has 5 rings (SSSR count). The first-order chi connectivity index (χ1) is 11.9. The lowest BCUT2D eigenvalue weighted by molar-refractivity contribution is -0.180. The molecule has 2 saturated heterocycles. The molecule has 4 heteroatoms. The highest BCUT2D eigenvalue weighted by Crippen LogP contribution is 2.65. The minimum atomic E-state index is -0.0162. The topological polar surface area (TPSA) is 38.8 Å². The lowest BCUT2D eigenvalue weighted by Gasteiger charge is -2.69. The van der Waals surface area contributed by atoms with E-state index in [1.807, 2.05) is 6.92 Å². The Morgan fingerprint density at radius 1 is 1.32 bits per heavy atom. The molecule has 4 nitrogen and oxygen atoms in total. The molecule has 1 saturated carbocycles. The second-order valence-corrected chi connectivity index (χ2v) is 8.46. The third-order valence-electron chi connectivity index (χ3n) is 7.67. The maximum absolute atomic E-state index is 12.6. The molecule has 25 heavy (non-hydrogen) atoms. The number of rotatable bonds is 3. The molecule has 5 unspecified atom stereocenters. The van der Waals surface area contributed by atoms with E-state index in [1.54, 1.807) is 7.11 Å². The van der Waals surface area contributed by atoms with Gasteiger partial charge in [-0.3, -0.25) is 9.69 Å². The van der Waals surface area contributed by atoms with Gasteiger partial charge in [0.1, 0.15) is 5.75 Å². The van der Waals surface area contributed by atoms with Crippen molar-refractivity contribution < 1.29 is 14.3 Å². The van der Waals surface area contributed by atoms with Crippen molar-refractivity contribution in [2.75, 3.05) is 20.8 Å². The quantitative estimate of drug-likeness (QED) is 0.790. The number of hydrogen-bond acceptors (Lipinski definition) is 4. The zero-order valence-corrected chi connectivity index (χ0v) is 16.0. The standard InChI is InChI=1S/C21H29NO3/c1-6-25-19(23)14-11-21(3)18-10-13-15(8-7-9-17(13)24-5)20(21,2)12-16(14)22(18)4/h7-9,14,16,18H,6,10-12H2,1-5H3. The summed E-state index contributed by atoms with van der Waals surface area (Å²) in [6.45, 7) is 7.14. The van der Waals surface area contributed by atoms with E-state index in [1.165, 1.54) is 11.1 Å². The maximum Gasteiger partial charge on any atom is 0.310 e. The smallest absolute Gasteiger partial charge is 0.310 e. The normalized spacial score (nSPS) is 39.0. The maximum atomic E-state index is 12.6. The van der Waals surface area contributed by atoms with Crippen molar-refractivity contribution in [3.63, 3.8) is 0 Å². The summed E-state index contributed by atoms with van der Waals surface area (Å²) in [4.78, 5) is 15.0. The molecule has 1 aromatic rings. The van der Waals surface area contributed by atoms with Gasteiger partial charge in [-0.05, 0) is 55.8 Å². The fraction of sp³-hybridized carbons (Fsp3) is 0.667. The third kappa shape index (κ3) is 2.00. The van der Waals surface area contributed by atoms with Gasteiger partial charge < -0.3 is 9.47 Å². The SMILES string of the molecule is CCOC(=O)C1CC2(C)C3Cc4c(OC)cccc4C2(C)CC1N3C. The Morgan fingerprint density at radius 3 is 2.76 bits per heavy atom. The first-order valence-corrected chi connectivity index (χ1v) is 9.42. The van der Waals surface area contributed by atoms with Gasteiger partial charge in [-0.25, -0.2) is 0 Å². The summed E-state index contributed by atoms with van der Waals surface area (Å²) in [7, 11) is 3.95. The van der Waals surface area contributed by atoms with Gasteiger partial charge in [-0.1, -0.05) is 26.0 Å².